The molecule has 2 aliphatic heterocycles. The van der Waals surface area contributed by atoms with Crippen LogP contribution in [0.15, 0.2) is 109 Å². The van der Waals surface area contributed by atoms with E-state index in [4.69, 9.17) is 0 Å². The third-order valence-electron chi connectivity index (χ3n) is 6.79. The molecule has 0 radical (unpaired) electrons. The van der Waals surface area contributed by atoms with Gasteiger partial charge in [0.25, 0.3) is 0 Å². The van der Waals surface area contributed by atoms with Gasteiger partial charge in [0, 0.05) is 23.0 Å². The van der Waals surface area contributed by atoms with Crippen LogP contribution in [0.3, 0.4) is 0 Å². The summed E-state index contributed by atoms with van der Waals surface area (Å²) in [6.07, 6.45) is 7.19. The Morgan fingerprint density at radius 3 is 2.11 bits per heavy atom. The maximum Gasteiger partial charge on any atom is 0.117 e. The molecule has 0 saturated carbocycles. The number of fused-ring (bicyclic) bond motifs is 3. The summed E-state index contributed by atoms with van der Waals surface area (Å²) >= 11 is 0. The largest absolute Gasteiger partial charge is 0.508 e. The number of aliphatic hydroxyl groups excluding tert-OH is 1. The van der Waals surface area contributed by atoms with Gasteiger partial charge in [-0.15, -0.1) is 0 Å². The summed E-state index contributed by atoms with van der Waals surface area (Å²) in [6.45, 7) is 18.5. The SMILES string of the molecule is C=C(O)C1=CN2C(=CC1=C)c1cc(C)c(C)cc1CC2c1ccc(O)cc1.CCC.CCc1ccccc1. The number of phenols is 1. The third kappa shape index (κ3) is 6.66. The molecule has 1 atom stereocenters. The van der Waals surface area contributed by atoms with Gasteiger partial charge in [0.05, 0.1) is 6.04 Å². The van der Waals surface area contributed by atoms with Crippen molar-refractivity contribution in [2.75, 3.05) is 0 Å². The van der Waals surface area contributed by atoms with Crippen LogP contribution in [0.4, 0.5) is 0 Å². The maximum absolute atomic E-state index is 9.99. The molecule has 3 nitrogen and oxygen atoms in total. The molecule has 3 aromatic carbocycles. The van der Waals surface area contributed by atoms with Crippen molar-refractivity contribution in [3.63, 3.8) is 0 Å². The summed E-state index contributed by atoms with van der Waals surface area (Å²) in [5.41, 5.74) is 10.0. The fraction of sp³-hybridized carbons (Fsp3) is 0.257. The van der Waals surface area contributed by atoms with Gasteiger partial charge in [0.15, 0.2) is 0 Å². The minimum atomic E-state index is 0.0191. The van der Waals surface area contributed by atoms with Crippen molar-refractivity contribution >= 4 is 5.70 Å². The van der Waals surface area contributed by atoms with E-state index in [1.807, 2.05) is 30.5 Å². The topological polar surface area (TPSA) is 43.7 Å². The van der Waals surface area contributed by atoms with Gasteiger partial charge in [-0.1, -0.05) is 88.9 Å². The average molecular weight is 508 g/mol. The summed E-state index contributed by atoms with van der Waals surface area (Å²) in [7, 11) is 0. The second kappa shape index (κ2) is 13.0. The highest BCUT2D eigenvalue weighted by Crippen LogP contribution is 2.45. The van der Waals surface area contributed by atoms with Crippen molar-refractivity contribution in [1.29, 1.82) is 0 Å². The molecular formula is C35H41NO2. The molecule has 3 heteroatoms. The minimum absolute atomic E-state index is 0.0191. The van der Waals surface area contributed by atoms with Gasteiger partial charge < -0.3 is 15.1 Å². The molecule has 5 rings (SSSR count). The van der Waals surface area contributed by atoms with Gasteiger partial charge in [-0.2, -0.15) is 0 Å². The van der Waals surface area contributed by atoms with Gasteiger partial charge in [-0.05, 0) is 84.4 Å². The van der Waals surface area contributed by atoms with Crippen LogP contribution in [0.2, 0.25) is 0 Å². The molecule has 0 aliphatic carbocycles. The Balaban J connectivity index is 0.000000305. The molecule has 2 N–H and O–H groups in total. The Morgan fingerprint density at radius 1 is 0.947 bits per heavy atom. The summed E-state index contributed by atoms with van der Waals surface area (Å²) < 4.78 is 0. The number of allylic oxidation sites excluding steroid dienone is 2. The first-order chi connectivity index (χ1) is 18.2. The second-order valence-electron chi connectivity index (χ2n) is 9.90. The molecule has 0 saturated heterocycles. The van der Waals surface area contributed by atoms with Gasteiger partial charge in [0.1, 0.15) is 11.5 Å². The number of phenolic OH excluding ortho intramolecular Hbond substituents is 1. The lowest BCUT2D eigenvalue weighted by molar-refractivity contribution is 0.365. The number of nitrogens with zero attached hydrogens (tertiary/aromatic N) is 1. The summed E-state index contributed by atoms with van der Waals surface area (Å²) in [5.74, 6) is 0.273. The first kappa shape index (κ1) is 28.6. The first-order valence-electron chi connectivity index (χ1n) is 13.4. The van der Waals surface area contributed by atoms with Crippen LogP contribution in [0.25, 0.3) is 5.70 Å². The fourth-order valence-electron chi connectivity index (χ4n) is 4.62. The molecule has 1 unspecified atom stereocenters. The van der Waals surface area contributed by atoms with Crippen LogP contribution in [-0.4, -0.2) is 15.1 Å². The smallest absolute Gasteiger partial charge is 0.117 e. The van der Waals surface area contributed by atoms with Crippen LogP contribution < -0.4 is 0 Å². The molecule has 198 valence electrons. The van der Waals surface area contributed by atoms with Gasteiger partial charge in [-0.3, -0.25) is 0 Å². The Labute approximate surface area is 228 Å². The molecule has 0 bridgehead atoms. The maximum atomic E-state index is 9.99. The molecule has 0 spiro atoms. The van der Waals surface area contributed by atoms with E-state index in [2.05, 4.69) is 89.1 Å². The molecule has 3 aromatic rings. The van der Waals surface area contributed by atoms with E-state index in [0.29, 0.717) is 5.57 Å². The average Bonchev–Trinajstić information content (AvgIpc) is 2.90. The standard InChI is InChI=1S/C24H23NO2.C8H10.C3H8/c1-14-9-19-12-23(18-5-7-20(27)8-6-18)25-13-22(17(4)26)16(3)11-24(25)21(19)10-15(14)2;1-2-8-6-4-3-5-7-8;1-3-2/h5-11,13,23,26-27H,3-4,12H2,1-2H3;3-7H,2H2,1H3;3H2,1-2H3. The molecule has 38 heavy (non-hydrogen) atoms. The number of benzene rings is 3. The van der Waals surface area contributed by atoms with Crippen molar-refractivity contribution in [3.8, 4) is 5.75 Å². The summed E-state index contributed by atoms with van der Waals surface area (Å²) in [4.78, 5) is 2.19. The van der Waals surface area contributed by atoms with Crippen LogP contribution >= 0.6 is 0 Å². The summed E-state index contributed by atoms with van der Waals surface area (Å²) in [6, 6.07) is 22.4. The zero-order valence-corrected chi connectivity index (χ0v) is 23.5. The van der Waals surface area contributed by atoms with Crippen LogP contribution in [0, 0.1) is 13.8 Å². The molecule has 0 fully saturated rings. The molecule has 0 aromatic heterocycles. The Morgan fingerprint density at radius 2 is 1.55 bits per heavy atom. The van der Waals surface area contributed by atoms with E-state index in [0.717, 1.165) is 29.7 Å². The van der Waals surface area contributed by atoms with Crippen molar-refractivity contribution in [3.05, 3.63) is 142 Å². The highest BCUT2D eigenvalue weighted by molar-refractivity contribution is 5.77. The van der Waals surface area contributed by atoms with Gasteiger partial charge in [-0.25, -0.2) is 0 Å². The fourth-order valence-corrected chi connectivity index (χ4v) is 4.62. The lowest BCUT2D eigenvalue weighted by atomic mass is 9.83. The van der Waals surface area contributed by atoms with Gasteiger partial charge >= 0.3 is 0 Å². The number of aryl methyl sites for hydroxylation is 3. The van der Waals surface area contributed by atoms with Crippen molar-refractivity contribution in [1.82, 2.24) is 4.90 Å². The minimum Gasteiger partial charge on any atom is -0.508 e. The number of hydrogen-bond donors (Lipinski definition) is 2. The number of hydrogen-bond acceptors (Lipinski definition) is 3. The number of rotatable bonds is 3. The highest BCUT2D eigenvalue weighted by atomic mass is 16.3. The highest BCUT2D eigenvalue weighted by Gasteiger charge is 2.33. The number of aliphatic hydroxyl groups is 1. The summed E-state index contributed by atoms with van der Waals surface area (Å²) in [5, 5.41) is 19.7. The van der Waals surface area contributed by atoms with Crippen LogP contribution in [0.1, 0.15) is 66.6 Å². The van der Waals surface area contributed by atoms with Gasteiger partial charge in [0.2, 0.25) is 0 Å². The predicted molar refractivity (Wildman–Crippen MR) is 161 cm³/mol. The van der Waals surface area contributed by atoms with E-state index in [1.54, 1.807) is 12.1 Å². The second-order valence-corrected chi connectivity index (χ2v) is 9.90. The molecule has 0 amide bonds. The lowest BCUT2D eigenvalue weighted by Gasteiger charge is -2.41. The van der Waals surface area contributed by atoms with Crippen molar-refractivity contribution in [2.45, 2.75) is 59.9 Å². The first-order valence-corrected chi connectivity index (χ1v) is 13.4. The van der Waals surface area contributed by atoms with Crippen molar-refractivity contribution in [2.24, 2.45) is 0 Å². The third-order valence-corrected chi connectivity index (χ3v) is 6.79. The zero-order valence-electron chi connectivity index (χ0n) is 23.5. The molecule has 2 heterocycles. The quantitative estimate of drug-likeness (QED) is 0.347. The van der Waals surface area contributed by atoms with E-state index in [-0.39, 0.29) is 17.6 Å². The molecule has 2 aliphatic rings. The van der Waals surface area contributed by atoms with Crippen molar-refractivity contribution < 1.29 is 10.2 Å². The van der Waals surface area contributed by atoms with Crippen LogP contribution in [-0.2, 0) is 12.8 Å². The van der Waals surface area contributed by atoms with Crippen LogP contribution in [0.5, 0.6) is 5.75 Å². The van der Waals surface area contributed by atoms with E-state index in [9.17, 15) is 10.2 Å². The van der Waals surface area contributed by atoms with E-state index < -0.39 is 0 Å². The Bertz CT molecular complexity index is 1330. The van der Waals surface area contributed by atoms with E-state index >= 15 is 0 Å². The zero-order chi connectivity index (χ0) is 27.8. The predicted octanol–water partition coefficient (Wildman–Crippen LogP) is 9.14. The normalized spacial score (nSPS) is 15.4. The molecular weight excluding hydrogens is 466 g/mol. The monoisotopic (exact) mass is 507 g/mol. The lowest BCUT2D eigenvalue weighted by Crippen LogP contribution is -2.31. The Hall–Kier alpha value is -3.98. The van der Waals surface area contributed by atoms with E-state index in [1.165, 1.54) is 34.2 Å². The Kier molecular flexibility index (Phi) is 9.78. The number of aromatic hydroxyl groups is 1.